The lowest BCUT2D eigenvalue weighted by Crippen LogP contribution is -2.12. The van der Waals surface area contributed by atoms with Crippen LogP contribution in [0.3, 0.4) is 0 Å². The molecule has 0 aliphatic carbocycles. The van der Waals surface area contributed by atoms with Crippen LogP contribution in [0.1, 0.15) is 0 Å². The number of halogens is 1. The van der Waals surface area contributed by atoms with E-state index in [0.29, 0.717) is 0 Å². The highest BCUT2D eigenvalue weighted by atomic mass is 79.9. The number of benzene rings is 1. The summed E-state index contributed by atoms with van der Waals surface area (Å²) in [4.78, 5) is 0.127. The van der Waals surface area contributed by atoms with Crippen molar-refractivity contribution in [1.82, 2.24) is 0 Å². The van der Waals surface area contributed by atoms with E-state index in [9.17, 15) is 8.42 Å². The zero-order chi connectivity index (χ0) is 10.6. The minimum absolute atomic E-state index is 0.127. The highest BCUT2D eigenvalue weighted by Gasteiger charge is 2.05. The molecule has 0 bridgehead atoms. The van der Waals surface area contributed by atoms with Crippen LogP contribution in [0.5, 0.6) is 0 Å². The molecule has 1 rings (SSSR count). The van der Waals surface area contributed by atoms with Gasteiger partial charge in [0.25, 0.3) is 0 Å². The Kier molecular flexibility index (Phi) is 3.91. The van der Waals surface area contributed by atoms with Crippen molar-refractivity contribution in [2.45, 2.75) is 4.90 Å². The first-order valence-electron chi connectivity index (χ1n) is 3.97. The molecule has 0 unspecified atom stereocenters. The van der Waals surface area contributed by atoms with E-state index in [1.165, 1.54) is 12.1 Å². The molecule has 4 nitrogen and oxygen atoms in total. The van der Waals surface area contributed by atoms with Crippen molar-refractivity contribution in [3.05, 3.63) is 24.3 Å². The van der Waals surface area contributed by atoms with Crippen molar-refractivity contribution in [3.63, 3.8) is 0 Å². The second-order valence-electron chi connectivity index (χ2n) is 2.69. The summed E-state index contributed by atoms with van der Waals surface area (Å²) >= 11 is 3.27. The summed E-state index contributed by atoms with van der Waals surface area (Å²) in [6.07, 6.45) is 0. The molecular weight excluding hydrogens is 268 g/mol. The molecule has 0 saturated carbocycles. The van der Waals surface area contributed by atoms with Crippen LogP contribution in [-0.4, -0.2) is 20.3 Å². The number of anilines is 1. The van der Waals surface area contributed by atoms with E-state index in [2.05, 4.69) is 21.2 Å². The number of primary sulfonamides is 1. The molecule has 3 N–H and O–H groups in total. The Morgan fingerprint density at radius 3 is 2.29 bits per heavy atom. The van der Waals surface area contributed by atoms with Crippen molar-refractivity contribution < 1.29 is 8.42 Å². The van der Waals surface area contributed by atoms with Crippen molar-refractivity contribution in [2.75, 3.05) is 17.2 Å². The van der Waals surface area contributed by atoms with Crippen LogP contribution in [0, 0.1) is 0 Å². The van der Waals surface area contributed by atoms with Crippen LogP contribution < -0.4 is 10.5 Å². The van der Waals surface area contributed by atoms with Gasteiger partial charge >= 0.3 is 0 Å². The zero-order valence-electron chi connectivity index (χ0n) is 7.40. The first-order chi connectivity index (χ1) is 6.54. The maximum Gasteiger partial charge on any atom is 0.238 e. The number of rotatable bonds is 4. The first-order valence-corrected chi connectivity index (χ1v) is 6.63. The fourth-order valence-electron chi connectivity index (χ4n) is 0.954. The average molecular weight is 279 g/mol. The fourth-order valence-corrected chi connectivity index (χ4v) is 1.67. The molecule has 0 spiro atoms. The van der Waals surface area contributed by atoms with Crippen LogP contribution in [0.2, 0.25) is 0 Å². The Labute approximate surface area is 91.7 Å². The van der Waals surface area contributed by atoms with Gasteiger partial charge in [0.15, 0.2) is 0 Å². The summed E-state index contributed by atoms with van der Waals surface area (Å²) in [5.41, 5.74) is 0.872. The third kappa shape index (κ3) is 3.28. The van der Waals surface area contributed by atoms with Crippen LogP contribution in [0.15, 0.2) is 29.2 Å². The van der Waals surface area contributed by atoms with Gasteiger partial charge in [0.1, 0.15) is 0 Å². The van der Waals surface area contributed by atoms with E-state index in [4.69, 9.17) is 5.14 Å². The van der Waals surface area contributed by atoms with E-state index in [-0.39, 0.29) is 4.90 Å². The lowest BCUT2D eigenvalue weighted by atomic mass is 10.3. The molecule has 1 aromatic carbocycles. The van der Waals surface area contributed by atoms with Gasteiger partial charge in [0.2, 0.25) is 10.0 Å². The maximum atomic E-state index is 10.9. The minimum Gasteiger partial charge on any atom is -0.384 e. The second-order valence-corrected chi connectivity index (χ2v) is 5.04. The molecule has 0 radical (unpaired) electrons. The monoisotopic (exact) mass is 278 g/mol. The number of hydrogen-bond acceptors (Lipinski definition) is 3. The predicted molar refractivity (Wildman–Crippen MR) is 60.1 cm³/mol. The Morgan fingerprint density at radius 2 is 1.86 bits per heavy atom. The highest BCUT2D eigenvalue weighted by Crippen LogP contribution is 2.12. The van der Waals surface area contributed by atoms with E-state index in [0.717, 1.165) is 17.6 Å². The Balaban J connectivity index is 2.79. The maximum absolute atomic E-state index is 10.9. The van der Waals surface area contributed by atoms with Gasteiger partial charge in [-0.1, -0.05) is 15.9 Å². The Morgan fingerprint density at radius 1 is 1.29 bits per heavy atom. The summed E-state index contributed by atoms with van der Waals surface area (Å²) < 4.78 is 21.8. The number of sulfonamides is 1. The van der Waals surface area contributed by atoms with Crippen molar-refractivity contribution in [3.8, 4) is 0 Å². The highest BCUT2D eigenvalue weighted by molar-refractivity contribution is 9.09. The molecule has 0 aromatic heterocycles. The van der Waals surface area contributed by atoms with Crippen molar-refractivity contribution in [2.24, 2.45) is 5.14 Å². The average Bonchev–Trinajstić information content (AvgIpc) is 2.14. The van der Waals surface area contributed by atoms with Crippen LogP contribution in [0.25, 0.3) is 0 Å². The largest absolute Gasteiger partial charge is 0.384 e. The van der Waals surface area contributed by atoms with Gasteiger partial charge in [-0.3, -0.25) is 0 Å². The van der Waals surface area contributed by atoms with E-state index in [1.54, 1.807) is 12.1 Å². The third-order valence-corrected chi connectivity index (χ3v) is 2.93. The summed E-state index contributed by atoms with van der Waals surface area (Å²) in [7, 11) is -3.58. The molecule has 0 amide bonds. The first kappa shape index (κ1) is 11.5. The Hall–Kier alpha value is -0.590. The summed E-state index contributed by atoms with van der Waals surface area (Å²) in [5.74, 6) is 0. The molecule has 6 heteroatoms. The second kappa shape index (κ2) is 4.77. The van der Waals surface area contributed by atoms with Gasteiger partial charge in [-0.05, 0) is 24.3 Å². The number of alkyl halides is 1. The third-order valence-electron chi connectivity index (χ3n) is 1.61. The van der Waals surface area contributed by atoms with E-state index in [1.807, 2.05) is 0 Å². The van der Waals surface area contributed by atoms with Crippen molar-refractivity contribution >= 4 is 31.6 Å². The van der Waals surface area contributed by atoms with Crippen molar-refractivity contribution in [1.29, 1.82) is 0 Å². The topological polar surface area (TPSA) is 72.2 Å². The lowest BCUT2D eigenvalue weighted by Gasteiger charge is -2.04. The van der Waals surface area contributed by atoms with Gasteiger partial charge in [-0.15, -0.1) is 0 Å². The van der Waals surface area contributed by atoms with Gasteiger partial charge in [0.05, 0.1) is 4.90 Å². The predicted octanol–water partition coefficient (Wildman–Crippen LogP) is 1.14. The van der Waals surface area contributed by atoms with Gasteiger partial charge in [-0.25, -0.2) is 13.6 Å². The van der Waals surface area contributed by atoms with Gasteiger partial charge in [-0.2, -0.15) is 0 Å². The Bertz CT molecular complexity index is 388. The normalized spacial score (nSPS) is 11.3. The molecule has 0 heterocycles. The number of nitrogens with two attached hydrogens (primary N) is 1. The molecule has 0 fully saturated rings. The smallest absolute Gasteiger partial charge is 0.238 e. The molecule has 0 saturated heterocycles. The SMILES string of the molecule is NS(=O)(=O)c1ccc(NCCBr)cc1. The lowest BCUT2D eigenvalue weighted by molar-refractivity contribution is 0.598. The zero-order valence-corrected chi connectivity index (χ0v) is 9.81. The molecule has 78 valence electrons. The number of nitrogens with one attached hydrogen (secondary N) is 1. The van der Waals surface area contributed by atoms with Gasteiger partial charge < -0.3 is 5.32 Å². The molecular formula is C8H11BrN2O2S. The van der Waals surface area contributed by atoms with Crippen LogP contribution in [-0.2, 0) is 10.0 Å². The molecule has 0 atom stereocenters. The standard InChI is InChI=1S/C8H11BrN2O2S/c9-5-6-11-7-1-3-8(4-2-7)14(10,12)13/h1-4,11H,5-6H2,(H2,10,12,13). The molecule has 0 aliphatic rings. The molecule has 0 aliphatic heterocycles. The quantitative estimate of drug-likeness (QED) is 0.812. The summed E-state index contributed by atoms with van der Waals surface area (Å²) in [6.45, 7) is 0.786. The molecule has 1 aromatic rings. The van der Waals surface area contributed by atoms with Crippen LogP contribution >= 0.6 is 15.9 Å². The van der Waals surface area contributed by atoms with E-state index >= 15 is 0 Å². The van der Waals surface area contributed by atoms with E-state index < -0.39 is 10.0 Å². The molecule has 14 heavy (non-hydrogen) atoms. The summed E-state index contributed by atoms with van der Waals surface area (Å²) in [5, 5.41) is 8.88. The number of hydrogen-bond donors (Lipinski definition) is 2. The fraction of sp³-hybridized carbons (Fsp3) is 0.250. The van der Waals surface area contributed by atoms with Gasteiger partial charge in [0, 0.05) is 17.6 Å². The van der Waals surface area contributed by atoms with Crippen LogP contribution in [0.4, 0.5) is 5.69 Å². The summed E-state index contributed by atoms with van der Waals surface area (Å²) in [6, 6.07) is 6.32. The minimum atomic E-state index is -3.58.